The molecule has 12 heavy (non-hydrogen) atoms. The molecule has 0 saturated heterocycles. The number of Topliss-reactive ketones (excluding diaryl/α,β-unsaturated/α-hetero) is 1. The Bertz CT molecular complexity index is 288. The first-order chi connectivity index (χ1) is 5.77. The number of anilines is 1. The molecule has 0 amide bonds. The summed E-state index contributed by atoms with van der Waals surface area (Å²) in [6, 6.07) is 6.47. The quantitative estimate of drug-likeness (QED) is 0.491. The fraction of sp³-hybridized carbons (Fsp3) is 0.125. The number of halogens is 1. The average molecular weight is 229 g/mol. The third-order valence-corrected chi connectivity index (χ3v) is 1.93. The van der Waals surface area contributed by atoms with Crippen LogP contribution in [-0.4, -0.2) is 11.1 Å². The van der Waals surface area contributed by atoms with Gasteiger partial charge in [-0.1, -0.05) is 28.1 Å². The van der Waals surface area contributed by atoms with Crippen molar-refractivity contribution in [3.8, 4) is 0 Å². The molecule has 0 aliphatic heterocycles. The van der Waals surface area contributed by atoms with E-state index in [0.717, 1.165) is 0 Å². The molecule has 4 heteroatoms. The largest absolute Gasteiger partial charge is 0.761 e. The molecule has 0 aromatic heterocycles. The maximum atomic E-state index is 11.1. The standard InChI is InChI=1S/C8H7BrNO2/c9-5-8(11)6-2-1-3-7(4-6)10-12/h1-4,10H,5H2/q-1. The molecule has 0 unspecified atom stereocenters. The predicted octanol–water partition coefficient (Wildman–Crippen LogP) is 2.17. The molecule has 64 valence electrons. The van der Waals surface area contributed by atoms with Gasteiger partial charge in [-0.15, -0.1) is 0 Å². The summed E-state index contributed by atoms with van der Waals surface area (Å²) in [7, 11) is 0. The van der Waals surface area contributed by atoms with E-state index in [-0.39, 0.29) is 11.1 Å². The molecule has 1 N–H and O–H groups in total. The normalized spacial score (nSPS) is 9.50. The number of alkyl halides is 1. The molecule has 3 nitrogen and oxygen atoms in total. The molecule has 0 fully saturated rings. The molecule has 0 bridgehead atoms. The van der Waals surface area contributed by atoms with E-state index in [9.17, 15) is 10.0 Å². The first kappa shape index (κ1) is 9.22. The van der Waals surface area contributed by atoms with Crippen molar-refractivity contribution in [1.29, 1.82) is 0 Å². The predicted molar refractivity (Wildman–Crippen MR) is 51.6 cm³/mol. The van der Waals surface area contributed by atoms with Gasteiger partial charge in [-0.25, -0.2) is 0 Å². The van der Waals surface area contributed by atoms with Gasteiger partial charge in [0.05, 0.1) is 5.33 Å². The van der Waals surface area contributed by atoms with E-state index in [2.05, 4.69) is 15.9 Å². The van der Waals surface area contributed by atoms with Crippen LogP contribution in [0.1, 0.15) is 10.4 Å². The molecule has 0 aliphatic carbocycles. The maximum absolute atomic E-state index is 11.1. The minimum absolute atomic E-state index is 0.0351. The van der Waals surface area contributed by atoms with Crippen LogP contribution in [0.5, 0.6) is 0 Å². The highest BCUT2D eigenvalue weighted by Crippen LogP contribution is 2.11. The van der Waals surface area contributed by atoms with Gasteiger partial charge in [0.1, 0.15) is 0 Å². The van der Waals surface area contributed by atoms with Gasteiger partial charge in [-0.2, -0.15) is 0 Å². The molecule has 0 heterocycles. The van der Waals surface area contributed by atoms with Crippen LogP contribution in [0.15, 0.2) is 24.3 Å². The van der Waals surface area contributed by atoms with Crippen LogP contribution < -0.4 is 5.48 Å². The minimum Gasteiger partial charge on any atom is -0.761 e. The van der Waals surface area contributed by atoms with Gasteiger partial charge in [0, 0.05) is 11.3 Å². The first-order valence-electron chi connectivity index (χ1n) is 3.35. The zero-order chi connectivity index (χ0) is 8.97. The third-order valence-electron chi connectivity index (χ3n) is 1.42. The van der Waals surface area contributed by atoms with Gasteiger partial charge >= 0.3 is 0 Å². The van der Waals surface area contributed by atoms with Crippen LogP contribution in [0.3, 0.4) is 0 Å². The van der Waals surface area contributed by atoms with Gasteiger partial charge in [0.15, 0.2) is 5.78 Å². The number of rotatable bonds is 3. The van der Waals surface area contributed by atoms with Crippen LogP contribution in [0.4, 0.5) is 5.69 Å². The summed E-state index contributed by atoms with van der Waals surface area (Å²) < 4.78 is 0. The summed E-state index contributed by atoms with van der Waals surface area (Å²) in [5.41, 5.74) is 2.67. The Balaban J connectivity index is 2.93. The Morgan fingerprint density at radius 3 is 2.92 bits per heavy atom. The van der Waals surface area contributed by atoms with Crippen molar-refractivity contribution in [2.75, 3.05) is 10.8 Å². The zero-order valence-electron chi connectivity index (χ0n) is 6.21. The van der Waals surface area contributed by atoms with Crippen LogP contribution in [-0.2, 0) is 0 Å². The van der Waals surface area contributed by atoms with Crippen molar-refractivity contribution < 1.29 is 4.79 Å². The fourth-order valence-electron chi connectivity index (χ4n) is 0.833. The van der Waals surface area contributed by atoms with Crippen molar-refractivity contribution in [3.05, 3.63) is 35.0 Å². The summed E-state index contributed by atoms with van der Waals surface area (Å²) in [5.74, 6) is -0.0351. The molecule has 1 aromatic carbocycles. The molecular formula is C8H7BrNO2-. The number of hydrogen-bond donors (Lipinski definition) is 1. The summed E-state index contributed by atoms with van der Waals surface area (Å²) in [5, 5.41) is 10.5. The van der Waals surface area contributed by atoms with E-state index in [1.165, 1.54) is 6.07 Å². The SMILES string of the molecule is O=C(CBr)c1cccc(N[O-])c1. The number of carbonyl (C=O) groups excluding carboxylic acids is 1. The summed E-state index contributed by atoms with van der Waals surface area (Å²) in [6.07, 6.45) is 0. The average Bonchev–Trinajstić information content (AvgIpc) is 2.17. The third kappa shape index (κ3) is 2.06. The smallest absolute Gasteiger partial charge is 0.173 e. The number of benzene rings is 1. The minimum atomic E-state index is -0.0351. The summed E-state index contributed by atoms with van der Waals surface area (Å²) in [6.45, 7) is 0. The highest BCUT2D eigenvalue weighted by Gasteiger charge is 2.02. The van der Waals surface area contributed by atoms with Crippen LogP contribution >= 0.6 is 15.9 Å². The second-order valence-corrected chi connectivity index (χ2v) is 2.80. The van der Waals surface area contributed by atoms with Gasteiger partial charge in [-0.05, 0) is 12.1 Å². The molecular weight excluding hydrogens is 222 g/mol. The lowest BCUT2D eigenvalue weighted by molar-refractivity contribution is 0.102. The molecule has 0 saturated carbocycles. The highest BCUT2D eigenvalue weighted by atomic mass is 79.9. The van der Waals surface area contributed by atoms with E-state index in [1.807, 2.05) is 0 Å². The Morgan fingerprint density at radius 1 is 1.58 bits per heavy atom. The molecule has 0 radical (unpaired) electrons. The Hall–Kier alpha value is -0.870. The van der Waals surface area contributed by atoms with Gasteiger partial charge in [0.2, 0.25) is 0 Å². The monoisotopic (exact) mass is 228 g/mol. The fourth-order valence-corrected chi connectivity index (χ4v) is 1.16. The van der Waals surface area contributed by atoms with Crippen molar-refractivity contribution >= 4 is 27.4 Å². The lowest BCUT2D eigenvalue weighted by atomic mass is 10.1. The van der Waals surface area contributed by atoms with Crippen molar-refractivity contribution in [2.45, 2.75) is 0 Å². The van der Waals surface area contributed by atoms with Crippen molar-refractivity contribution in [1.82, 2.24) is 0 Å². The van der Waals surface area contributed by atoms with Gasteiger partial charge in [0.25, 0.3) is 0 Å². The van der Waals surface area contributed by atoms with Crippen LogP contribution in [0, 0.1) is 5.21 Å². The lowest BCUT2D eigenvalue weighted by Crippen LogP contribution is -2.00. The molecule has 1 rings (SSSR count). The zero-order valence-corrected chi connectivity index (χ0v) is 7.80. The van der Waals surface area contributed by atoms with E-state index < -0.39 is 0 Å². The van der Waals surface area contributed by atoms with Crippen molar-refractivity contribution in [3.63, 3.8) is 0 Å². The molecule has 1 aromatic rings. The van der Waals surface area contributed by atoms with E-state index in [4.69, 9.17) is 0 Å². The van der Waals surface area contributed by atoms with Crippen LogP contribution in [0.2, 0.25) is 0 Å². The molecule has 0 aliphatic rings. The topological polar surface area (TPSA) is 52.2 Å². The maximum Gasteiger partial charge on any atom is 0.173 e. The molecule has 0 spiro atoms. The highest BCUT2D eigenvalue weighted by molar-refractivity contribution is 9.09. The molecule has 0 atom stereocenters. The lowest BCUT2D eigenvalue weighted by Gasteiger charge is -2.09. The second kappa shape index (κ2) is 4.23. The van der Waals surface area contributed by atoms with Crippen LogP contribution in [0.25, 0.3) is 0 Å². The Labute approximate surface area is 78.5 Å². The van der Waals surface area contributed by atoms with E-state index in [0.29, 0.717) is 11.3 Å². The number of nitrogens with one attached hydrogen (secondary N) is 1. The Kier molecular flexibility index (Phi) is 3.25. The number of carbonyl (C=O) groups is 1. The second-order valence-electron chi connectivity index (χ2n) is 2.24. The summed E-state index contributed by atoms with van der Waals surface area (Å²) >= 11 is 3.05. The van der Waals surface area contributed by atoms with Gasteiger partial charge in [-0.3, -0.25) is 4.79 Å². The summed E-state index contributed by atoms with van der Waals surface area (Å²) in [4.78, 5) is 11.1. The Morgan fingerprint density at radius 2 is 2.33 bits per heavy atom. The number of hydrogen-bond acceptors (Lipinski definition) is 3. The first-order valence-corrected chi connectivity index (χ1v) is 4.47. The van der Waals surface area contributed by atoms with Crippen molar-refractivity contribution in [2.24, 2.45) is 0 Å². The van der Waals surface area contributed by atoms with Gasteiger partial charge < -0.3 is 10.7 Å². The van der Waals surface area contributed by atoms with E-state index in [1.54, 1.807) is 23.7 Å². The van der Waals surface area contributed by atoms with E-state index >= 15 is 0 Å². The number of ketones is 1.